The van der Waals surface area contributed by atoms with Crippen LogP contribution < -0.4 is 5.32 Å². The number of nitrogens with one attached hydrogen (secondary N) is 1. The molecule has 0 aromatic heterocycles. The van der Waals surface area contributed by atoms with Gasteiger partial charge < -0.3 is 10.2 Å². The monoisotopic (exact) mass is 304 g/mol. The Morgan fingerprint density at radius 2 is 1.95 bits per heavy atom. The molecule has 0 bridgehead atoms. The summed E-state index contributed by atoms with van der Waals surface area (Å²) < 4.78 is 0. The topological polar surface area (TPSA) is 49.4 Å². The lowest BCUT2D eigenvalue weighted by Gasteiger charge is -2.29. The molecule has 0 unspecified atom stereocenters. The van der Waals surface area contributed by atoms with Crippen LogP contribution in [0.1, 0.15) is 26.3 Å². The molecule has 112 valence electrons. The Balaban J connectivity index is 2.18. The van der Waals surface area contributed by atoms with E-state index >= 15 is 0 Å². The van der Waals surface area contributed by atoms with E-state index in [9.17, 15) is 9.59 Å². The van der Waals surface area contributed by atoms with Crippen molar-refractivity contribution < 1.29 is 9.59 Å². The number of carbonyl (C=O) groups excluding carboxylic acids is 2. The molecular weight excluding hydrogens is 284 g/mol. The van der Waals surface area contributed by atoms with Crippen LogP contribution in [0.15, 0.2) is 35.7 Å². The van der Waals surface area contributed by atoms with Gasteiger partial charge in [-0.15, -0.1) is 11.8 Å². The van der Waals surface area contributed by atoms with Crippen LogP contribution in [0, 0.1) is 0 Å². The fourth-order valence-electron chi connectivity index (χ4n) is 2.08. The predicted octanol–water partition coefficient (Wildman–Crippen LogP) is 2.48. The van der Waals surface area contributed by atoms with Crippen molar-refractivity contribution in [3.63, 3.8) is 0 Å². The van der Waals surface area contributed by atoms with Crippen LogP contribution in [0.4, 0.5) is 0 Å². The van der Waals surface area contributed by atoms with Crippen LogP contribution in [0.25, 0.3) is 5.70 Å². The third kappa shape index (κ3) is 4.36. The lowest BCUT2D eigenvalue weighted by atomic mass is 10.1. The molecule has 1 aromatic carbocycles. The number of carbonyl (C=O) groups is 2. The molecule has 1 heterocycles. The Bertz CT molecular complexity index is 561. The lowest BCUT2D eigenvalue weighted by Crippen LogP contribution is -2.47. The quantitative estimate of drug-likeness (QED) is 0.933. The minimum absolute atomic E-state index is 0.0367. The molecule has 4 nitrogen and oxygen atoms in total. The van der Waals surface area contributed by atoms with Crippen molar-refractivity contribution in [2.75, 3.05) is 12.3 Å². The van der Waals surface area contributed by atoms with E-state index in [1.807, 2.05) is 56.5 Å². The molecule has 2 amide bonds. The van der Waals surface area contributed by atoms with Crippen molar-refractivity contribution in [1.82, 2.24) is 10.2 Å². The molecule has 0 atom stereocenters. The van der Waals surface area contributed by atoms with Gasteiger partial charge in [0.05, 0.1) is 11.4 Å². The van der Waals surface area contributed by atoms with Gasteiger partial charge in [-0.3, -0.25) is 9.59 Å². The van der Waals surface area contributed by atoms with Gasteiger partial charge in [-0.1, -0.05) is 30.3 Å². The van der Waals surface area contributed by atoms with Crippen molar-refractivity contribution in [3.05, 3.63) is 41.3 Å². The molecule has 0 aliphatic carbocycles. The van der Waals surface area contributed by atoms with Gasteiger partial charge in [0.2, 0.25) is 11.8 Å². The van der Waals surface area contributed by atoms with Gasteiger partial charge in [-0.2, -0.15) is 0 Å². The summed E-state index contributed by atoms with van der Waals surface area (Å²) >= 11 is 1.46. The van der Waals surface area contributed by atoms with Crippen molar-refractivity contribution in [1.29, 1.82) is 0 Å². The van der Waals surface area contributed by atoms with Gasteiger partial charge in [0, 0.05) is 5.54 Å². The van der Waals surface area contributed by atoms with Crippen molar-refractivity contribution in [2.24, 2.45) is 0 Å². The fraction of sp³-hybridized carbons (Fsp3) is 0.375. The van der Waals surface area contributed by atoms with Gasteiger partial charge in [-0.25, -0.2) is 0 Å². The second-order valence-corrected chi connectivity index (χ2v) is 6.82. The van der Waals surface area contributed by atoms with Gasteiger partial charge in [0.15, 0.2) is 0 Å². The van der Waals surface area contributed by atoms with E-state index < -0.39 is 0 Å². The maximum atomic E-state index is 12.2. The lowest BCUT2D eigenvalue weighted by molar-refractivity contribution is -0.131. The highest BCUT2D eigenvalue weighted by atomic mass is 32.2. The Labute approximate surface area is 129 Å². The summed E-state index contributed by atoms with van der Waals surface area (Å²) in [6.07, 6.45) is 0. The van der Waals surface area contributed by atoms with Crippen molar-refractivity contribution in [3.8, 4) is 0 Å². The fourth-order valence-corrected chi connectivity index (χ4v) is 2.88. The number of hydrogen-bond acceptors (Lipinski definition) is 3. The number of rotatable bonds is 3. The highest BCUT2D eigenvalue weighted by Crippen LogP contribution is 2.27. The van der Waals surface area contributed by atoms with Crippen molar-refractivity contribution >= 4 is 29.3 Å². The molecule has 0 saturated heterocycles. The summed E-state index contributed by atoms with van der Waals surface area (Å²) in [7, 11) is 0. The van der Waals surface area contributed by atoms with E-state index in [1.165, 1.54) is 11.8 Å². The van der Waals surface area contributed by atoms with Crippen LogP contribution in [0.2, 0.25) is 0 Å². The van der Waals surface area contributed by atoms with E-state index in [2.05, 4.69) is 5.32 Å². The zero-order valence-corrected chi connectivity index (χ0v) is 13.4. The first kappa shape index (κ1) is 15.6. The normalized spacial score (nSPS) is 15.7. The molecule has 2 rings (SSSR count). The summed E-state index contributed by atoms with van der Waals surface area (Å²) in [5.41, 5.74) is 1.43. The Hall–Kier alpha value is -1.75. The van der Waals surface area contributed by atoms with Gasteiger partial charge >= 0.3 is 0 Å². The van der Waals surface area contributed by atoms with E-state index in [4.69, 9.17) is 0 Å². The molecule has 0 spiro atoms. The van der Waals surface area contributed by atoms with Gasteiger partial charge in [0.25, 0.3) is 0 Å². The van der Waals surface area contributed by atoms with Crippen LogP contribution in [0.5, 0.6) is 0 Å². The summed E-state index contributed by atoms with van der Waals surface area (Å²) in [6.45, 7) is 5.82. The second kappa shape index (κ2) is 6.35. The molecule has 5 heteroatoms. The number of hydrogen-bond donors (Lipinski definition) is 1. The van der Waals surface area contributed by atoms with Crippen LogP contribution in [-0.2, 0) is 9.59 Å². The predicted molar refractivity (Wildman–Crippen MR) is 86.5 cm³/mol. The molecule has 0 saturated carbocycles. The third-order valence-corrected chi connectivity index (χ3v) is 3.68. The highest BCUT2D eigenvalue weighted by molar-refractivity contribution is 8.03. The first-order valence-electron chi connectivity index (χ1n) is 6.85. The SMILES string of the molecule is CC(C)(C)NC(=O)CN1C(=O)CSC=C1c1ccccc1. The molecule has 1 aliphatic rings. The van der Waals surface area contributed by atoms with Crippen LogP contribution in [-0.4, -0.2) is 34.6 Å². The Morgan fingerprint density at radius 1 is 1.29 bits per heavy atom. The summed E-state index contributed by atoms with van der Waals surface area (Å²) in [5.74, 6) is 0.189. The second-order valence-electron chi connectivity index (χ2n) is 5.96. The zero-order valence-electron chi connectivity index (χ0n) is 12.6. The largest absolute Gasteiger partial charge is 0.350 e. The van der Waals surface area contributed by atoms with E-state index in [0.717, 1.165) is 11.3 Å². The smallest absolute Gasteiger partial charge is 0.240 e. The molecule has 0 fully saturated rings. The summed E-state index contributed by atoms with van der Waals surface area (Å²) in [5, 5.41) is 4.84. The number of amides is 2. The first-order chi connectivity index (χ1) is 9.87. The minimum atomic E-state index is -0.304. The van der Waals surface area contributed by atoms with Gasteiger partial charge in [0.1, 0.15) is 6.54 Å². The number of thioether (sulfide) groups is 1. The molecule has 1 N–H and O–H groups in total. The molecule has 1 aliphatic heterocycles. The maximum absolute atomic E-state index is 12.2. The maximum Gasteiger partial charge on any atom is 0.240 e. The Kier molecular flexibility index (Phi) is 4.73. The summed E-state index contributed by atoms with van der Waals surface area (Å²) in [4.78, 5) is 25.8. The molecule has 0 radical (unpaired) electrons. The first-order valence-corrected chi connectivity index (χ1v) is 7.90. The average molecular weight is 304 g/mol. The van der Waals surface area contributed by atoms with E-state index in [-0.39, 0.29) is 23.9 Å². The van der Waals surface area contributed by atoms with Crippen molar-refractivity contribution in [2.45, 2.75) is 26.3 Å². The number of benzene rings is 1. The highest BCUT2D eigenvalue weighted by Gasteiger charge is 2.26. The van der Waals surface area contributed by atoms with Crippen LogP contribution in [0.3, 0.4) is 0 Å². The van der Waals surface area contributed by atoms with E-state index in [0.29, 0.717) is 5.75 Å². The molecule has 1 aromatic rings. The molecular formula is C16H20N2O2S. The standard InChI is InChI=1S/C16H20N2O2S/c1-16(2,3)17-14(19)9-18-13(10-21-11-15(18)20)12-7-5-4-6-8-12/h4-8,10H,9,11H2,1-3H3,(H,17,19). The average Bonchev–Trinajstić information content (AvgIpc) is 2.40. The Morgan fingerprint density at radius 3 is 2.57 bits per heavy atom. The van der Waals surface area contributed by atoms with Gasteiger partial charge in [-0.05, 0) is 31.7 Å². The summed E-state index contributed by atoms with van der Waals surface area (Å²) in [6, 6.07) is 9.67. The molecule has 21 heavy (non-hydrogen) atoms. The van der Waals surface area contributed by atoms with Crippen LogP contribution >= 0.6 is 11.8 Å². The minimum Gasteiger partial charge on any atom is -0.350 e. The third-order valence-electron chi connectivity index (χ3n) is 2.88. The zero-order chi connectivity index (χ0) is 15.5. The number of nitrogens with zero attached hydrogens (tertiary/aromatic N) is 1. The van der Waals surface area contributed by atoms with E-state index in [1.54, 1.807) is 4.90 Å².